The Morgan fingerprint density at radius 2 is 1.65 bits per heavy atom. The molecule has 1 saturated heterocycles. The summed E-state index contributed by atoms with van der Waals surface area (Å²) in [5.41, 5.74) is 0.891. The van der Waals surface area contributed by atoms with Crippen molar-refractivity contribution in [2.24, 2.45) is 7.05 Å². The lowest BCUT2D eigenvalue weighted by molar-refractivity contribution is 0.0921. The first-order valence-electron chi connectivity index (χ1n) is 10.2. The summed E-state index contributed by atoms with van der Waals surface area (Å²) in [7, 11) is 1.93. The monoisotopic (exact) mass is 477 g/mol. The van der Waals surface area contributed by atoms with E-state index >= 15 is 0 Å². The van der Waals surface area contributed by atoms with Crippen LogP contribution in [0.15, 0.2) is 48.5 Å². The molecule has 31 heavy (non-hydrogen) atoms. The van der Waals surface area contributed by atoms with Gasteiger partial charge in [-0.1, -0.05) is 35.3 Å². The quantitative estimate of drug-likeness (QED) is 0.465. The van der Waals surface area contributed by atoms with Gasteiger partial charge in [0.25, 0.3) is 0 Å². The van der Waals surface area contributed by atoms with Crippen LogP contribution in [0.2, 0.25) is 10.0 Å². The van der Waals surface area contributed by atoms with Crippen molar-refractivity contribution in [1.82, 2.24) is 24.1 Å². The average Bonchev–Trinajstić information content (AvgIpc) is 3.05. The Morgan fingerprint density at radius 3 is 2.35 bits per heavy atom. The minimum Gasteiger partial charge on any atom is -0.492 e. The van der Waals surface area contributed by atoms with Gasteiger partial charge in [-0.25, -0.2) is 4.68 Å². The summed E-state index contributed by atoms with van der Waals surface area (Å²) in [6.07, 6.45) is 0. The number of benzene rings is 2. The van der Waals surface area contributed by atoms with Crippen molar-refractivity contribution in [3.63, 3.8) is 0 Å². The predicted molar refractivity (Wildman–Crippen MR) is 127 cm³/mol. The van der Waals surface area contributed by atoms with Crippen molar-refractivity contribution in [2.45, 2.75) is 6.67 Å². The number of ether oxygens (including phenoxy) is 1. The molecule has 0 radical (unpaired) electrons. The maximum Gasteiger partial charge on any atom is 0.199 e. The van der Waals surface area contributed by atoms with E-state index in [1.165, 1.54) is 0 Å². The van der Waals surface area contributed by atoms with E-state index in [2.05, 4.69) is 9.80 Å². The van der Waals surface area contributed by atoms with Gasteiger partial charge in [0.15, 0.2) is 10.6 Å². The molecular weight excluding hydrogens is 453 g/mol. The summed E-state index contributed by atoms with van der Waals surface area (Å²) in [4.78, 5) is 4.79. The molecule has 0 N–H and O–H groups in total. The molecule has 164 valence electrons. The van der Waals surface area contributed by atoms with Crippen LogP contribution in [0.3, 0.4) is 0 Å². The Hall–Kier alpha value is -1.90. The fraction of sp³-hybridized carbons (Fsp3) is 0.364. The molecule has 3 aromatic rings. The van der Waals surface area contributed by atoms with Gasteiger partial charge >= 0.3 is 0 Å². The lowest BCUT2D eigenvalue weighted by atomic mass is 10.2. The SMILES string of the molecule is Cn1c(-c2ccccc2Cl)nn(CN2CCN(CCOc3ccc(Cl)cc3)CC2)c1=S. The van der Waals surface area contributed by atoms with Gasteiger partial charge in [0.05, 0.1) is 11.7 Å². The van der Waals surface area contributed by atoms with Gasteiger partial charge in [0.1, 0.15) is 12.4 Å². The van der Waals surface area contributed by atoms with Crippen LogP contribution in [0.25, 0.3) is 11.4 Å². The molecule has 1 aliphatic rings. The van der Waals surface area contributed by atoms with Crippen LogP contribution in [0.4, 0.5) is 0 Å². The topological polar surface area (TPSA) is 38.5 Å². The molecule has 2 heterocycles. The van der Waals surface area contributed by atoms with Gasteiger partial charge in [-0.15, -0.1) is 0 Å². The van der Waals surface area contributed by atoms with Crippen LogP contribution >= 0.6 is 35.4 Å². The van der Waals surface area contributed by atoms with Crippen molar-refractivity contribution in [2.75, 3.05) is 39.3 Å². The zero-order chi connectivity index (χ0) is 21.8. The van der Waals surface area contributed by atoms with Crippen LogP contribution in [0.5, 0.6) is 5.75 Å². The van der Waals surface area contributed by atoms with E-state index in [4.69, 9.17) is 45.3 Å². The lowest BCUT2D eigenvalue weighted by Crippen LogP contribution is -2.47. The van der Waals surface area contributed by atoms with E-state index in [0.29, 0.717) is 23.1 Å². The first-order chi connectivity index (χ1) is 15.0. The molecule has 0 saturated carbocycles. The lowest BCUT2D eigenvalue weighted by Gasteiger charge is -2.34. The smallest absolute Gasteiger partial charge is 0.199 e. The Balaban J connectivity index is 1.29. The van der Waals surface area contributed by atoms with Crippen molar-refractivity contribution in [1.29, 1.82) is 0 Å². The van der Waals surface area contributed by atoms with Crippen LogP contribution in [0, 0.1) is 4.77 Å². The Bertz CT molecular complexity index is 1070. The number of piperazine rings is 1. The molecule has 6 nitrogen and oxygen atoms in total. The molecule has 0 unspecified atom stereocenters. The number of halogens is 2. The van der Waals surface area contributed by atoms with E-state index in [1.807, 2.05) is 64.8 Å². The fourth-order valence-electron chi connectivity index (χ4n) is 3.62. The second-order valence-corrected chi connectivity index (χ2v) is 8.76. The van der Waals surface area contributed by atoms with Crippen LogP contribution in [0.1, 0.15) is 0 Å². The van der Waals surface area contributed by atoms with Gasteiger partial charge in [-0.05, 0) is 48.6 Å². The molecule has 1 aliphatic heterocycles. The average molecular weight is 478 g/mol. The summed E-state index contributed by atoms with van der Waals surface area (Å²) in [5.74, 6) is 1.63. The summed E-state index contributed by atoms with van der Waals surface area (Å²) >= 11 is 17.9. The molecule has 4 rings (SSSR count). The third-order valence-corrected chi connectivity index (χ3v) is 6.51. The first kappa shape index (κ1) is 22.3. The molecule has 1 fully saturated rings. The third-order valence-electron chi connectivity index (χ3n) is 5.44. The maximum atomic E-state index is 6.36. The van der Waals surface area contributed by atoms with Gasteiger partial charge in [0.2, 0.25) is 0 Å². The zero-order valence-electron chi connectivity index (χ0n) is 17.4. The summed E-state index contributed by atoms with van der Waals surface area (Å²) < 4.78 is 10.3. The van der Waals surface area contributed by atoms with Crippen LogP contribution in [-0.2, 0) is 13.7 Å². The van der Waals surface area contributed by atoms with E-state index in [0.717, 1.165) is 54.9 Å². The molecule has 0 bridgehead atoms. The molecular formula is C22H25Cl2N5OS. The third kappa shape index (κ3) is 5.48. The molecule has 1 aromatic heterocycles. The number of hydrogen-bond donors (Lipinski definition) is 0. The molecule has 0 atom stereocenters. The summed E-state index contributed by atoms with van der Waals surface area (Å²) in [5, 5.41) is 6.14. The fourth-order valence-corrected chi connectivity index (χ4v) is 4.16. The second-order valence-electron chi connectivity index (χ2n) is 7.55. The number of hydrogen-bond acceptors (Lipinski definition) is 5. The first-order valence-corrected chi connectivity index (χ1v) is 11.4. The second kappa shape index (κ2) is 10.1. The highest BCUT2D eigenvalue weighted by Gasteiger charge is 2.19. The van der Waals surface area contributed by atoms with E-state index in [9.17, 15) is 0 Å². The molecule has 2 aromatic carbocycles. The van der Waals surface area contributed by atoms with Gasteiger partial charge in [-0.2, -0.15) is 5.10 Å². The molecule has 0 amide bonds. The van der Waals surface area contributed by atoms with Crippen molar-refractivity contribution >= 4 is 35.4 Å². The Labute approximate surface area is 197 Å². The Morgan fingerprint density at radius 1 is 0.968 bits per heavy atom. The predicted octanol–water partition coefficient (Wildman–Crippen LogP) is 4.58. The maximum absolute atomic E-state index is 6.36. The van der Waals surface area contributed by atoms with Crippen LogP contribution in [-0.4, -0.2) is 63.5 Å². The highest BCUT2D eigenvalue weighted by atomic mass is 35.5. The largest absolute Gasteiger partial charge is 0.492 e. The Kier molecular flexibility index (Phi) is 7.30. The number of aromatic nitrogens is 3. The highest BCUT2D eigenvalue weighted by Crippen LogP contribution is 2.26. The number of nitrogens with zero attached hydrogens (tertiary/aromatic N) is 5. The van der Waals surface area contributed by atoms with E-state index in [1.54, 1.807) is 0 Å². The van der Waals surface area contributed by atoms with Gasteiger partial charge < -0.3 is 9.30 Å². The van der Waals surface area contributed by atoms with Crippen LogP contribution < -0.4 is 4.74 Å². The van der Waals surface area contributed by atoms with Crippen molar-refractivity contribution < 1.29 is 4.74 Å². The number of rotatable bonds is 7. The minimum absolute atomic E-state index is 0.661. The minimum atomic E-state index is 0.661. The van der Waals surface area contributed by atoms with E-state index < -0.39 is 0 Å². The molecule has 9 heteroatoms. The zero-order valence-corrected chi connectivity index (χ0v) is 19.7. The van der Waals surface area contributed by atoms with Gasteiger partial charge in [0, 0.05) is 50.4 Å². The van der Waals surface area contributed by atoms with E-state index in [-0.39, 0.29) is 0 Å². The normalized spacial score (nSPS) is 15.3. The van der Waals surface area contributed by atoms with Crippen molar-refractivity contribution in [3.05, 3.63) is 63.3 Å². The highest BCUT2D eigenvalue weighted by molar-refractivity contribution is 7.71. The summed E-state index contributed by atoms with van der Waals surface area (Å²) in [6.45, 7) is 6.13. The molecule has 0 aliphatic carbocycles. The van der Waals surface area contributed by atoms with Gasteiger partial charge in [-0.3, -0.25) is 9.80 Å². The standard InChI is InChI=1S/C22H25Cl2N5OS/c1-26-21(19-4-2-3-5-20(19)24)25-29(22(26)31)16-28-12-10-27(11-13-28)14-15-30-18-8-6-17(23)7-9-18/h2-9H,10-16H2,1H3. The summed E-state index contributed by atoms with van der Waals surface area (Å²) in [6, 6.07) is 15.2. The van der Waals surface area contributed by atoms with Crippen molar-refractivity contribution in [3.8, 4) is 17.1 Å². The molecule has 0 spiro atoms.